The Morgan fingerprint density at radius 2 is 1.26 bits per heavy atom. The molecule has 210 valence electrons. The summed E-state index contributed by atoms with van der Waals surface area (Å²) in [6.07, 6.45) is 18.6. The molecule has 0 saturated carbocycles. The molecule has 0 aromatic heterocycles. The second kappa shape index (κ2) is 21.8. The predicted octanol–water partition coefficient (Wildman–Crippen LogP) is 6.29. The van der Waals surface area contributed by atoms with E-state index in [0.717, 1.165) is 12.8 Å². The molecule has 0 radical (unpaired) electrons. The van der Waals surface area contributed by atoms with Gasteiger partial charge in [0.1, 0.15) is 18.9 Å². The second-order valence-corrected chi connectivity index (χ2v) is 12.4. The van der Waals surface area contributed by atoms with Crippen molar-refractivity contribution in [3.8, 4) is 0 Å². The molecule has 0 saturated heterocycles. The molecule has 35 heavy (non-hydrogen) atoms. The average molecular weight is 522 g/mol. The highest BCUT2D eigenvalue weighted by atomic mass is 31.2. The van der Waals surface area contributed by atoms with Gasteiger partial charge in [0, 0.05) is 18.9 Å². The lowest BCUT2D eigenvalue weighted by atomic mass is 10.0. The van der Waals surface area contributed by atoms with Crippen LogP contribution in [0.2, 0.25) is 0 Å². The van der Waals surface area contributed by atoms with Crippen molar-refractivity contribution < 1.29 is 32.5 Å². The lowest BCUT2D eigenvalue weighted by Crippen LogP contribution is -2.37. The summed E-state index contributed by atoms with van der Waals surface area (Å²) in [5, 5.41) is 0. The van der Waals surface area contributed by atoms with Gasteiger partial charge in [-0.3, -0.25) is 4.57 Å². The van der Waals surface area contributed by atoms with Crippen LogP contribution in [0.3, 0.4) is 0 Å². The quantitative estimate of drug-likeness (QED) is 0.0756. The van der Waals surface area contributed by atoms with Gasteiger partial charge >= 0.3 is 0 Å². The molecule has 0 heterocycles. The Labute approximate surface area is 216 Å². The van der Waals surface area contributed by atoms with Crippen molar-refractivity contribution in [1.82, 2.24) is 0 Å². The molecule has 0 N–H and O–H groups in total. The van der Waals surface area contributed by atoms with Crippen LogP contribution in [0.15, 0.2) is 0 Å². The number of phosphoric acid groups is 1. The Morgan fingerprint density at radius 1 is 0.771 bits per heavy atom. The summed E-state index contributed by atoms with van der Waals surface area (Å²) in [6, 6.07) is 0. The van der Waals surface area contributed by atoms with E-state index in [-0.39, 0.29) is 31.3 Å². The third kappa shape index (κ3) is 26.6. The first-order valence-corrected chi connectivity index (χ1v) is 15.5. The molecule has 0 aromatic rings. The van der Waals surface area contributed by atoms with Crippen LogP contribution in [0.25, 0.3) is 0 Å². The fraction of sp³-hybridized carbons (Fsp3) is 0.963. The van der Waals surface area contributed by atoms with Gasteiger partial charge in [0.05, 0.1) is 34.4 Å². The van der Waals surface area contributed by atoms with Gasteiger partial charge in [0.15, 0.2) is 0 Å². The molecule has 2 atom stereocenters. The van der Waals surface area contributed by atoms with Crippen LogP contribution in [0.5, 0.6) is 0 Å². The molecule has 1 unspecified atom stereocenters. The van der Waals surface area contributed by atoms with E-state index in [2.05, 4.69) is 6.92 Å². The second-order valence-electron chi connectivity index (χ2n) is 11.0. The maximum Gasteiger partial charge on any atom is 0.268 e. The minimum Gasteiger partial charge on any atom is -0.756 e. The van der Waals surface area contributed by atoms with Gasteiger partial charge < -0.3 is 28.0 Å². The third-order valence-corrected chi connectivity index (χ3v) is 7.02. The summed E-state index contributed by atoms with van der Waals surface area (Å²) in [6.45, 7) is 5.22. The number of carbonyl (C=O) groups is 1. The molecule has 0 amide bonds. The highest BCUT2D eigenvalue weighted by Crippen LogP contribution is 2.38. The highest BCUT2D eigenvalue weighted by Gasteiger charge is 2.18. The van der Waals surface area contributed by atoms with E-state index in [1.807, 2.05) is 21.1 Å². The Balaban J connectivity index is 3.77. The maximum absolute atomic E-state index is 12.0. The summed E-state index contributed by atoms with van der Waals surface area (Å²) in [5.74, 6) is -0.297. The first kappa shape index (κ1) is 34.7. The first-order valence-electron chi connectivity index (χ1n) is 14.0. The van der Waals surface area contributed by atoms with E-state index in [4.69, 9.17) is 13.8 Å². The zero-order chi connectivity index (χ0) is 26.4. The monoisotopic (exact) mass is 521 g/mol. The number of rotatable bonds is 26. The minimum absolute atomic E-state index is 0.00891. The van der Waals surface area contributed by atoms with Crippen molar-refractivity contribution in [3.05, 3.63) is 0 Å². The molecule has 0 rings (SSSR count). The molecular formula is C27H56NO6P. The van der Waals surface area contributed by atoms with Crippen LogP contribution in [0.4, 0.5) is 0 Å². The molecule has 8 heteroatoms. The minimum atomic E-state index is -4.38. The molecule has 0 aliphatic carbocycles. The number of carbonyl (C=O) groups excluding carboxylic acids is 1. The van der Waals surface area contributed by atoms with Crippen LogP contribution in [0, 0.1) is 5.92 Å². The lowest BCUT2D eigenvalue weighted by Gasteiger charge is -2.28. The van der Waals surface area contributed by atoms with Gasteiger partial charge in [0.25, 0.3) is 7.82 Å². The predicted molar refractivity (Wildman–Crippen MR) is 142 cm³/mol. The Kier molecular flexibility index (Phi) is 21.6. The summed E-state index contributed by atoms with van der Waals surface area (Å²) in [4.78, 5) is 23.5. The average Bonchev–Trinajstić information content (AvgIpc) is 2.75. The molecule has 0 fully saturated rings. The largest absolute Gasteiger partial charge is 0.756 e. The van der Waals surface area contributed by atoms with E-state index < -0.39 is 7.82 Å². The van der Waals surface area contributed by atoms with Gasteiger partial charge in [0.2, 0.25) is 0 Å². The van der Waals surface area contributed by atoms with Crippen LogP contribution in [0.1, 0.15) is 110 Å². The van der Waals surface area contributed by atoms with Crippen molar-refractivity contribution >= 4 is 13.6 Å². The number of nitrogens with zero attached hydrogens (tertiary/aromatic N) is 1. The van der Waals surface area contributed by atoms with Gasteiger partial charge in [-0.2, -0.15) is 0 Å². The van der Waals surface area contributed by atoms with Crippen LogP contribution in [-0.2, 0) is 23.1 Å². The highest BCUT2D eigenvalue weighted by molar-refractivity contribution is 7.45. The Hall–Kier alpha value is -0.300. The van der Waals surface area contributed by atoms with E-state index in [9.17, 15) is 14.3 Å². The van der Waals surface area contributed by atoms with E-state index >= 15 is 0 Å². The fourth-order valence-electron chi connectivity index (χ4n) is 3.88. The molecule has 0 spiro atoms. The van der Waals surface area contributed by atoms with Crippen molar-refractivity contribution in [2.45, 2.75) is 110 Å². The van der Waals surface area contributed by atoms with Crippen molar-refractivity contribution in [2.75, 3.05) is 54.1 Å². The zero-order valence-corrected chi connectivity index (χ0v) is 24.5. The molecule has 0 aromatic carbocycles. The van der Waals surface area contributed by atoms with Gasteiger partial charge in [-0.15, -0.1) is 0 Å². The number of unbranched alkanes of at least 4 members (excludes halogenated alkanes) is 13. The number of ether oxygens (including phenoxy) is 1. The Bertz CT molecular complexity index is 552. The molecular weight excluding hydrogens is 465 g/mol. The fourth-order valence-corrected chi connectivity index (χ4v) is 4.65. The van der Waals surface area contributed by atoms with Crippen molar-refractivity contribution in [1.29, 1.82) is 0 Å². The first-order chi connectivity index (χ1) is 16.6. The summed E-state index contributed by atoms with van der Waals surface area (Å²) >= 11 is 0. The van der Waals surface area contributed by atoms with Crippen LogP contribution in [-0.4, -0.2) is 64.4 Å². The number of hydrogen-bond donors (Lipinski definition) is 0. The number of Topliss-reactive ketones (excluding diaryl/α,β-unsaturated/α-hetero) is 1. The van der Waals surface area contributed by atoms with Crippen LogP contribution < -0.4 is 4.89 Å². The van der Waals surface area contributed by atoms with Crippen molar-refractivity contribution in [2.24, 2.45) is 5.92 Å². The number of likely N-dealkylation sites (N-methyl/N-ethyl adjacent to an activating group) is 1. The summed E-state index contributed by atoms with van der Waals surface area (Å²) < 4.78 is 28.3. The molecule has 7 nitrogen and oxygen atoms in total. The number of phosphoric ester groups is 1. The van der Waals surface area contributed by atoms with Gasteiger partial charge in [-0.25, -0.2) is 0 Å². The molecule has 0 bridgehead atoms. The van der Waals surface area contributed by atoms with Gasteiger partial charge in [-0.05, 0) is 13.3 Å². The third-order valence-electron chi connectivity index (χ3n) is 6.05. The van der Waals surface area contributed by atoms with Crippen LogP contribution >= 0.6 is 7.82 Å². The topological polar surface area (TPSA) is 84.9 Å². The maximum atomic E-state index is 12.0. The molecule has 0 aliphatic rings. The standard InChI is InChI=1S/C27H56NO6P/c1-6-7-8-9-10-11-12-13-14-15-16-17-18-19-21-32-24-27(23-26(2)29)25-34-35(30,31)33-22-20-28(3,4)5/h27H,6-25H2,1-5H3/t27-/m0/s1. The molecule has 0 aliphatic heterocycles. The smallest absolute Gasteiger partial charge is 0.268 e. The summed E-state index contributed by atoms with van der Waals surface area (Å²) in [5.41, 5.74) is 0. The van der Waals surface area contributed by atoms with E-state index in [0.29, 0.717) is 24.2 Å². The summed E-state index contributed by atoms with van der Waals surface area (Å²) in [7, 11) is 1.49. The number of quaternary nitrogens is 1. The number of hydrogen-bond acceptors (Lipinski definition) is 6. The SMILES string of the molecule is CCCCCCCCCCCCCCCCOC[C@@H](COP(=O)([O-])OCC[N+](C)(C)C)CC(C)=O. The lowest BCUT2D eigenvalue weighted by molar-refractivity contribution is -0.870. The van der Waals surface area contributed by atoms with Gasteiger partial charge in [-0.1, -0.05) is 90.4 Å². The Morgan fingerprint density at radius 3 is 1.71 bits per heavy atom. The van der Waals surface area contributed by atoms with E-state index in [1.54, 1.807) is 0 Å². The van der Waals surface area contributed by atoms with E-state index in [1.165, 1.54) is 84.0 Å². The normalized spacial score (nSPS) is 14.7. The number of ketones is 1. The zero-order valence-electron chi connectivity index (χ0n) is 23.6. The van der Waals surface area contributed by atoms with Crippen molar-refractivity contribution in [3.63, 3.8) is 0 Å².